The summed E-state index contributed by atoms with van der Waals surface area (Å²) in [5.74, 6) is -0.212. The molecule has 110 valence electrons. The van der Waals surface area contributed by atoms with Crippen molar-refractivity contribution >= 4 is 32.8 Å². The van der Waals surface area contributed by atoms with Gasteiger partial charge in [-0.3, -0.25) is 14.4 Å². The molecule has 5 N–H and O–H groups in total. The van der Waals surface area contributed by atoms with Crippen LogP contribution in [0.15, 0.2) is 12.2 Å². The van der Waals surface area contributed by atoms with E-state index in [1.54, 1.807) is 0 Å². The molecule has 0 saturated carbocycles. The lowest BCUT2D eigenvalue weighted by molar-refractivity contribution is 0.280. The SMILES string of the molecule is CC(C)(C=S)C1C=CC(P(=O)(O)O)(P(=O)(O)O)NC1. The first kappa shape index (κ1) is 17.1. The molecule has 19 heavy (non-hydrogen) atoms. The van der Waals surface area contributed by atoms with Gasteiger partial charge >= 0.3 is 15.2 Å². The Hall–Kier alpha value is 0.0900. The fraction of sp³-hybridized carbons (Fsp3) is 0.667. The quantitative estimate of drug-likeness (QED) is 0.291. The highest BCUT2D eigenvalue weighted by molar-refractivity contribution is 7.79. The molecule has 0 spiro atoms. The molecule has 0 aromatic carbocycles. The van der Waals surface area contributed by atoms with Gasteiger partial charge in [0, 0.05) is 12.0 Å². The van der Waals surface area contributed by atoms with Crippen LogP contribution in [0.3, 0.4) is 0 Å². The minimum absolute atomic E-state index is 0.00681. The third-order valence-corrected chi connectivity index (χ3v) is 7.85. The van der Waals surface area contributed by atoms with Crippen LogP contribution in [0.2, 0.25) is 0 Å². The van der Waals surface area contributed by atoms with E-state index in [9.17, 15) is 28.7 Å². The van der Waals surface area contributed by atoms with Gasteiger partial charge in [0.05, 0.1) is 0 Å². The van der Waals surface area contributed by atoms with Crippen molar-refractivity contribution in [3.05, 3.63) is 12.2 Å². The minimum Gasteiger partial charge on any atom is -0.322 e. The van der Waals surface area contributed by atoms with Gasteiger partial charge in [0.15, 0.2) is 0 Å². The van der Waals surface area contributed by atoms with Crippen molar-refractivity contribution in [2.45, 2.75) is 18.9 Å². The molecule has 1 heterocycles. The second-order valence-electron chi connectivity index (χ2n) is 5.10. The normalized spacial score (nSPS) is 24.2. The standard InChI is InChI=1S/C9H17NO6P2S/c1-8(2,6-19)7-3-4-9(10-5-7,17(11,12)13)18(14,15)16/h3-4,6-7,10H,5H2,1-2H3,(H2,11,12,13)(H2,14,15,16). The molecule has 0 fully saturated rings. The van der Waals surface area contributed by atoms with E-state index in [1.165, 1.54) is 11.4 Å². The maximum Gasteiger partial charge on any atom is 0.361 e. The molecule has 0 saturated heterocycles. The van der Waals surface area contributed by atoms with E-state index in [0.29, 0.717) is 0 Å². The molecule has 1 atom stereocenters. The third kappa shape index (κ3) is 3.06. The van der Waals surface area contributed by atoms with Crippen LogP contribution in [-0.4, -0.2) is 36.5 Å². The molecule has 0 amide bonds. The summed E-state index contributed by atoms with van der Waals surface area (Å²) in [4.78, 5) is 37.0. The predicted octanol–water partition coefficient (Wildman–Crippen LogP) is 0.797. The van der Waals surface area contributed by atoms with Crippen LogP contribution in [0, 0.1) is 11.3 Å². The van der Waals surface area contributed by atoms with Crippen molar-refractivity contribution in [3.63, 3.8) is 0 Å². The zero-order valence-corrected chi connectivity index (χ0v) is 13.0. The maximum absolute atomic E-state index is 11.4. The lowest BCUT2D eigenvalue weighted by atomic mass is 9.79. The van der Waals surface area contributed by atoms with Crippen molar-refractivity contribution in [1.82, 2.24) is 5.32 Å². The lowest BCUT2D eigenvalue weighted by Gasteiger charge is -2.40. The van der Waals surface area contributed by atoms with E-state index < -0.39 is 25.6 Å². The molecular weight excluding hydrogens is 312 g/mol. The molecular formula is C9H17NO6P2S. The average molecular weight is 329 g/mol. The fourth-order valence-electron chi connectivity index (χ4n) is 1.81. The molecule has 0 aromatic rings. The summed E-state index contributed by atoms with van der Waals surface area (Å²) >= 11 is 4.88. The molecule has 0 radical (unpaired) electrons. The monoisotopic (exact) mass is 329 g/mol. The Balaban J connectivity index is 3.25. The smallest absolute Gasteiger partial charge is 0.322 e. The predicted molar refractivity (Wildman–Crippen MR) is 74.9 cm³/mol. The second-order valence-corrected chi connectivity index (χ2v) is 9.28. The third-order valence-electron chi connectivity index (χ3n) is 3.29. The van der Waals surface area contributed by atoms with Crippen LogP contribution < -0.4 is 5.32 Å². The van der Waals surface area contributed by atoms with E-state index in [-0.39, 0.29) is 12.5 Å². The molecule has 7 nitrogen and oxygen atoms in total. The van der Waals surface area contributed by atoms with Crippen molar-refractivity contribution < 1.29 is 28.7 Å². The van der Waals surface area contributed by atoms with Gasteiger partial charge in [-0.05, 0) is 17.4 Å². The van der Waals surface area contributed by atoms with Gasteiger partial charge in [0.25, 0.3) is 0 Å². The van der Waals surface area contributed by atoms with E-state index >= 15 is 0 Å². The van der Waals surface area contributed by atoms with E-state index in [4.69, 9.17) is 12.2 Å². The summed E-state index contributed by atoms with van der Waals surface area (Å²) in [5.41, 5.74) is -0.436. The van der Waals surface area contributed by atoms with E-state index in [2.05, 4.69) is 5.32 Å². The van der Waals surface area contributed by atoms with Gasteiger partial charge in [0.1, 0.15) is 0 Å². The van der Waals surface area contributed by atoms with Crippen molar-refractivity contribution in [2.75, 3.05) is 6.54 Å². The van der Waals surface area contributed by atoms with Gasteiger partial charge in [-0.15, -0.1) is 0 Å². The highest BCUT2D eigenvalue weighted by Gasteiger charge is 2.60. The maximum atomic E-state index is 11.4. The summed E-state index contributed by atoms with van der Waals surface area (Å²) in [6.45, 7) is 3.67. The molecule has 0 bridgehead atoms. The second kappa shape index (κ2) is 5.13. The van der Waals surface area contributed by atoms with E-state index in [0.717, 1.165) is 6.08 Å². The highest BCUT2D eigenvalue weighted by Crippen LogP contribution is 2.68. The van der Waals surface area contributed by atoms with Crippen LogP contribution in [0.5, 0.6) is 0 Å². The Kier molecular flexibility index (Phi) is 4.63. The van der Waals surface area contributed by atoms with Gasteiger partial charge in [-0.25, -0.2) is 0 Å². The zero-order valence-electron chi connectivity index (χ0n) is 10.4. The Morgan fingerprint density at radius 2 is 1.79 bits per heavy atom. The van der Waals surface area contributed by atoms with Gasteiger partial charge in [-0.1, -0.05) is 32.1 Å². The number of rotatable bonds is 4. The fourth-order valence-corrected chi connectivity index (χ4v) is 4.49. The Morgan fingerprint density at radius 3 is 2.05 bits per heavy atom. The average Bonchev–Trinajstić information content (AvgIpc) is 2.26. The molecule has 1 rings (SSSR count). The first-order valence-corrected chi connectivity index (χ1v) is 9.09. The van der Waals surface area contributed by atoms with Crippen LogP contribution in [0.25, 0.3) is 0 Å². The lowest BCUT2D eigenvalue weighted by Crippen LogP contribution is -2.50. The first-order valence-electron chi connectivity index (χ1n) is 5.39. The van der Waals surface area contributed by atoms with Crippen molar-refractivity contribution in [1.29, 1.82) is 0 Å². The molecule has 0 aliphatic carbocycles. The minimum atomic E-state index is -5.08. The van der Waals surface area contributed by atoms with E-state index in [1.807, 2.05) is 13.8 Å². The van der Waals surface area contributed by atoms with Gasteiger partial charge in [0.2, 0.25) is 5.02 Å². The van der Waals surface area contributed by atoms with Crippen LogP contribution in [0.1, 0.15) is 13.8 Å². The number of thiocarbonyl (C=S) groups is 1. The number of hydrogen-bond acceptors (Lipinski definition) is 4. The largest absolute Gasteiger partial charge is 0.361 e. The van der Waals surface area contributed by atoms with Gasteiger partial charge in [-0.2, -0.15) is 0 Å². The molecule has 1 aliphatic heterocycles. The zero-order chi connectivity index (χ0) is 15.1. The van der Waals surface area contributed by atoms with Crippen LogP contribution in [0.4, 0.5) is 0 Å². The summed E-state index contributed by atoms with van der Waals surface area (Å²) < 4.78 is 22.9. The van der Waals surface area contributed by atoms with Crippen LogP contribution >= 0.6 is 27.4 Å². The van der Waals surface area contributed by atoms with Crippen molar-refractivity contribution in [3.8, 4) is 0 Å². The van der Waals surface area contributed by atoms with Crippen LogP contribution in [-0.2, 0) is 9.13 Å². The Morgan fingerprint density at radius 1 is 1.32 bits per heavy atom. The number of nitrogens with one attached hydrogen (secondary N) is 1. The molecule has 1 aliphatic rings. The molecule has 0 aromatic heterocycles. The first-order chi connectivity index (χ1) is 8.37. The molecule has 10 heteroatoms. The summed E-state index contributed by atoms with van der Waals surface area (Å²) in [7, 11) is -10.2. The summed E-state index contributed by atoms with van der Waals surface area (Å²) in [6, 6.07) is 0. The Bertz CT molecular complexity index is 471. The van der Waals surface area contributed by atoms with Gasteiger partial charge < -0.3 is 19.6 Å². The topological polar surface area (TPSA) is 127 Å². The van der Waals surface area contributed by atoms with Crippen molar-refractivity contribution in [2.24, 2.45) is 11.3 Å². The summed E-state index contributed by atoms with van der Waals surface area (Å²) in [5, 5.41) is 1.20. The molecule has 1 unspecified atom stereocenters. The Labute approximate surface area is 116 Å². The summed E-state index contributed by atoms with van der Waals surface area (Å²) in [6.07, 6.45) is 2.28. The number of hydrogen-bond donors (Lipinski definition) is 5. The highest BCUT2D eigenvalue weighted by atomic mass is 32.1.